The molecular weight excluding hydrogens is 272 g/mol. The standard InChI is InChI=1S/C11H15BrN2S/c1-3-4-7-8(12)9(15)14-10(13-7)11(2)5-6-11/h3-6H2,1-2H3,(H,13,14,15). The first-order valence-corrected chi connectivity index (χ1v) is 6.56. The molecule has 82 valence electrons. The number of aromatic amines is 1. The van der Waals surface area contributed by atoms with Crippen molar-refractivity contribution in [2.75, 3.05) is 0 Å². The molecule has 0 aromatic carbocycles. The number of aryl methyl sites for hydroxylation is 1. The minimum Gasteiger partial charge on any atom is -0.346 e. The minimum absolute atomic E-state index is 0.261. The minimum atomic E-state index is 0.261. The zero-order valence-electron chi connectivity index (χ0n) is 9.06. The highest BCUT2D eigenvalue weighted by atomic mass is 79.9. The molecule has 1 aliphatic rings. The van der Waals surface area contributed by atoms with Gasteiger partial charge in [0.15, 0.2) is 0 Å². The maximum atomic E-state index is 5.26. The van der Waals surface area contributed by atoms with Gasteiger partial charge in [0.25, 0.3) is 0 Å². The van der Waals surface area contributed by atoms with Gasteiger partial charge in [0.05, 0.1) is 4.47 Å². The molecular formula is C11H15BrN2S. The lowest BCUT2D eigenvalue weighted by Crippen LogP contribution is -2.10. The Bertz CT molecular complexity index is 435. The normalized spacial score (nSPS) is 17.8. The van der Waals surface area contributed by atoms with Crippen molar-refractivity contribution in [2.45, 2.75) is 44.9 Å². The van der Waals surface area contributed by atoms with E-state index in [1.165, 1.54) is 18.5 Å². The quantitative estimate of drug-likeness (QED) is 0.854. The molecule has 0 atom stereocenters. The molecule has 0 aliphatic heterocycles. The highest BCUT2D eigenvalue weighted by molar-refractivity contribution is 9.10. The lowest BCUT2D eigenvalue weighted by atomic mass is 10.1. The van der Waals surface area contributed by atoms with Crippen molar-refractivity contribution in [3.63, 3.8) is 0 Å². The van der Waals surface area contributed by atoms with Crippen LogP contribution >= 0.6 is 28.1 Å². The average Bonchev–Trinajstić information content (AvgIpc) is 2.93. The molecule has 0 bridgehead atoms. The maximum Gasteiger partial charge on any atom is 0.144 e. The van der Waals surface area contributed by atoms with Crippen molar-refractivity contribution in [3.8, 4) is 0 Å². The van der Waals surface area contributed by atoms with Crippen LogP contribution in [-0.2, 0) is 11.8 Å². The van der Waals surface area contributed by atoms with Crippen LogP contribution in [0.1, 0.15) is 44.6 Å². The van der Waals surface area contributed by atoms with E-state index in [4.69, 9.17) is 12.2 Å². The van der Waals surface area contributed by atoms with Crippen LogP contribution in [-0.4, -0.2) is 9.97 Å². The second-order valence-electron chi connectivity index (χ2n) is 4.49. The monoisotopic (exact) mass is 286 g/mol. The smallest absolute Gasteiger partial charge is 0.144 e. The molecule has 4 heteroatoms. The summed E-state index contributed by atoms with van der Waals surface area (Å²) in [5.41, 5.74) is 1.46. The van der Waals surface area contributed by atoms with E-state index in [0.29, 0.717) is 4.64 Å². The average molecular weight is 287 g/mol. The van der Waals surface area contributed by atoms with Gasteiger partial charge < -0.3 is 4.98 Å². The molecule has 0 saturated heterocycles. The van der Waals surface area contributed by atoms with Gasteiger partial charge in [-0.05, 0) is 35.2 Å². The number of aromatic nitrogens is 2. The molecule has 1 heterocycles. The number of hydrogen-bond donors (Lipinski definition) is 1. The zero-order valence-corrected chi connectivity index (χ0v) is 11.5. The van der Waals surface area contributed by atoms with Gasteiger partial charge in [0.1, 0.15) is 10.5 Å². The van der Waals surface area contributed by atoms with Crippen molar-refractivity contribution in [3.05, 3.63) is 20.6 Å². The van der Waals surface area contributed by atoms with Crippen LogP contribution in [0.4, 0.5) is 0 Å². The molecule has 1 aromatic rings. The van der Waals surface area contributed by atoms with Crippen LogP contribution in [0.3, 0.4) is 0 Å². The summed E-state index contributed by atoms with van der Waals surface area (Å²) < 4.78 is 1.66. The summed E-state index contributed by atoms with van der Waals surface area (Å²) in [6.45, 7) is 4.41. The Kier molecular flexibility index (Phi) is 2.99. The van der Waals surface area contributed by atoms with Gasteiger partial charge in [0.2, 0.25) is 0 Å². The fourth-order valence-electron chi connectivity index (χ4n) is 1.64. The summed E-state index contributed by atoms with van der Waals surface area (Å²) in [5, 5.41) is 0. The van der Waals surface area contributed by atoms with E-state index in [0.717, 1.165) is 23.1 Å². The molecule has 0 spiro atoms. The van der Waals surface area contributed by atoms with Crippen LogP contribution < -0.4 is 0 Å². The molecule has 1 fully saturated rings. The fraction of sp³-hybridized carbons (Fsp3) is 0.636. The van der Waals surface area contributed by atoms with E-state index in [9.17, 15) is 0 Å². The first kappa shape index (κ1) is 11.3. The Morgan fingerprint density at radius 2 is 2.20 bits per heavy atom. The van der Waals surface area contributed by atoms with Gasteiger partial charge in [-0.15, -0.1) is 0 Å². The summed E-state index contributed by atoms with van der Waals surface area (Å²) in [6, 6.07) is 0. The third kappa shape index (κ3) is 2.16. The molecule has 2 nitrogen and oxygen atoms in total. The highest BCUT2D eigenvalue weighted by Crippen LogP contribution is 2.46. The van der Waals surface area contributed by atoms with Gasteiger partial charge >= 0.3 is 0 Å². The van der Waals surface area contributed by atoms with Gasteiger partial charge in [-0.3, -0.25) is 0 Å². The molecule has 1 aromatic heterocycles. The van der Waals surface area contributed by atoms with E-state index in [1.807, 2.05) is 0 Å². The van der Waals surface area contributed by atoms with Gasteiger partial charge in [-0.1, -0.05) is 32.5 Å². The molecule has 0 unspecified atom stereocenters. The number of halogens is 1. The van der Waals surface area contributed by atoms with Crippen molar-refractivity contribution in [1.82, 2.24) is 9.97 Å². The molecule has 15 heavy (non-hydrogen) atoms. The van der Waals surface area contributed by atoms with Gasteiger partial charge in [0, 0.05) is 11.1 Å². The highest BCUT2D eigenvalue weighted by Gasteiger charge is 2.41. The Hall–Kier alpha value is -0.220. The van der Waals surface area contributed by atoms with Gasteiger partial charge in [-0.25, -0.2) is 4.98 Å². The number of hydrogen-bond acceptors (Lipinski definition) is 2. The first-order valence-electron chi connectivity index (χ1n) is 5.36. The van der Waals surface area contributed by atoms with Crippen molar-refractivity contribution < 1.29 is 0 Å². The Morgan fingerprint density at radius 1 is 1.53 bits per heavy atom. The maximum absolute atomic E-state index is 5.26. The summed E-state index contributed by atoms with van der Waals surface area (Å²) in [4.78, 5) is 7.89. The predicted octanol–water partition coefficient (Wildman–Crippen LogP) is 3.91. The topological polar surface area (TPSA) is 28.7 Å². The number of H-pyrrole nitrogens is 1. The van der Waals surface area contributed by atoms with E-state index in [2.05, 4.69) is 39.7 Å². The van der Waals surface area contributed by atoms with E-state index in [-0.39, 0.29) is 5.41 Å². The molecule has 1 aliphatic carbocycles. The molecule has 1 saturated carbocycles. The SMILES string of the molecule is CCCc1[nH]c(C2(C)CC2)nc(=S)c1Br. The van der Waals surface area contributed by atoms with Crippen molar-refractivity contribution in [1.29, 1.82) is 0 Å². The lowest BCUT2D eigenvalue weighted by Gasteiger charge is -2.11. The zero-order chi connectivity index (χ0) is 11.1. The van der Waals surface area contributed by atoms with Crippen molar-refractivity contribution >= 4 is 28.1 Å². The summed E-state index contributed by atoms with van der Waals surface area (Å²) in [7, 11) is 0. The lowest BCUT2D eigenvalue weighted by molar-refractivity contribution is 0.688. The Balaban J connectivity index is 2.46. The van der Waals surface area contributed by atoms with Crippen LogP contribution in [0.2, 0.25) is 0 Å². The van der Waals surface area contributed by atoms with Crippen LogP contribution in [0.5, 0.6) is 0 Å². The Morgan fingerprint density at radius 3 is 2.73 bits per heavy atom. The predicted molar refractivity (Wildman–Crippen MR) is 67.7 cm³/mol. The van der Waals surface area contributed by atoms with Gasteiger partial charge in [-0.2, -0.15) is 0 Å². The summed E-state index contributed by atoms with van der Waals surface area (Å²) >= 11 is 8.77. The van der Waals surface area contributed by atoms with Crippen molar-refractivity contribution in [2.24, 2.45) is 0 Å². The summed E-state index contributed by atoms with van der Waals surface area (Å²) in [5.74, 6) is 1.07. The number of nitrogens with one attached hydrogen (secondary N) is 1. The van der Waals surface area contributed by atoms with E-state index in [1.54, 1.807) is 0 Å². The third-order valence-corrected chi connectivity index (χ3v) is 4.42. The largest absolute Gasteiger partial charge is 0.346 e. The molecule has 0 amide bonds. The van der Waals surface area contributed by atoms with E-state index < -0.39 is 0 Å². The molecule has 0 radical (unpaired) electrons. The number of nitrogens with zero attached hydrogens (tertiary/aromatic N) is 1. The first-order chi connectivity index (χ1) is 7.07. The molecule has 1 N–H and O–H groups in total. The van der Waals surface area contributed by atoms with Crippen LogP contribution in [0, 0.1) is 4.64 Å². The Labute approximate surface area is 104 Å². The van der Waals surface area contributed by atoms with Crippen LogP contribution in [0.25, 0.3) is 0 Å². The van der Waals surface area contributed by atoms with E-state index >= 15 is 0 Å². The third-order valence-electron chi connectivity index (χ3n) is 3.01. The number of rotatable bonds is 3. The second-order valence-corrected chi connectivity index (χ2v) is 5.67. The second kappa shape index (κ2) is 3.98. The summed E-state index contributed by atoms with van der Waals surface area (Å²) in [6.07, 6.45) is 4.58. The van der Waals surface area contributed by atoms with Crippen LogP contribution in [0.15, 0.2) is 4.47 Å². The fourth-order valence-corrected chi connectivity index (χ4v) is 2.24. The molecule has 2 rings (SSSR count).